The fraction of sp³-hybridized carbons (Fsp3) is 0.167. The molecule has 0 unspecified atom stereocenters. The number of rotatable bonds is 6. The zero-order chi connectivity index (χ0) is 17.6. The summed E-state index contributed by atoms with van der Waals surface area (Å²) in [6, 6.07) is 14.3. The first-order chi connectivity index (χ1) is 12.1. The summed E-state index contributed by atoms with van der Waals surface area (Å²) in [6.45, 7) is -0.0800. The molecule has 25 heavy (non-hydrogen) atoms. The molecule has 0 aliphatic heterocycles. The van der Waals surface area contributed by atoms with E-state index in [-0.39, 0.29) is 24.9 Å². The number of nitrogens with zero attached hydrogens (tertiary/aromatic N) is 2. The number of carbonyl (C=O) groups is 1. The van der Waals surface area contributed by atoms with Gasteiger partial charge in [0.05, 0.1) is 13.5 Å². The number of ether oxygens (including phenoxy) is 2. The standard InChI is InChI=1S/C18H15ClN2O4/c1-23-15-4-2-3-12(9-15)10-17(22)24-11-16-20-18(21-25-16)13-5-7-14(19)8-6-13/h2-9H,10-11H2,1H3. The summed E-state index contributed by atoms with van der Waals surface area (Å²) >= 11 is 5.84. The van der Waals surface area contributed by atoms with Crippen LogP contribution < -0.4 is 4.74 Å². The van der Waals surface area contributed by atoms with E-state index < -0.39 is 0 Å². The maximum atomic E-state index is 11.9. The molecule has 7 heteroatoms. The number of benzene rings is 2. The average Bonchev–Trinajstić information content (AvgIpc) is 3.10. The lowest BCUT2D eigenvalue weighted by Crippen LogP contribution is -2.08. The Labute approximate surface area is 149 Å². The van der Waals surface area contributed by atoms with Crippen molar-refractivity contribution < 1.29 is 18.8 Å². The molecule has 0 amide bonds. The lowest BCUT2D eigenvalue weighted by atomic mass is 10.1. The van der Waals surface area contributed by atoms with Crippen LogP contribution >= 0.6 is 11.6 Å². The molecule has 0 saturated heterocycles. The quantitative estimate of drug-likeness (QED) is 0.626. The molecule has 1 aromatic heterocycles. The van der Waals surface area contributed by atoms with E-state index in [1.54, 1.807) is 37.4 Å². The fourth-order valence-electron chi connectivity index (χ4n) is 2.17. The summed E-state index contributed by atoms with van der Waals surface area (Å²) < 4.78 is 15.4. The summed E-state index contributed by atoms with van der Waals surface area (Å²) in [5.41, 5.74) is 1.57. The number of hydrogen-bond donors (Lipinski definition) is 0. The van der Waals surface area contributed by atoms with Gasteiger partial charge in [0.25, 0.3) is 5.89 Å². The molecule has 0 spiro atoms. The normalized spacial score (nSPS) is 10.5. The van der Waals surface area contributed by atoms with Crippen molar-refractivity contribution in [3.63, 3.8) is 0 Å². The molecule has 6 nitrogen and oxygen atoms in total. The van der Waals surface area contributed by atoms with E-state index in [1.807, 2.05) is 18.2 Å². The van der Waals surface area contributed by atoms with E-state index >= 15 is 0 Å². The van der Waals surface area contributed by atoms with Crippen LogP contribution in [0.1, 0.15) is 11.5 Å². The maximum absolute atomic E-state index is 11.9. The topological polar surface area (TPSA) is 74.5 Å². The summed E-state index contributed by atoms with van der Waals surface area (Å²) in [5, 5.41) is 4.49. The Morgan fingerprint density at radius 2 is 2.00 bits per heavy atom. The number of hydrogen-bond acceptors (Lipinski definition) is 6. The third-order valence-corrected chi connectivity index (χ3v) is 3.66. The van der Waals surface area contributed by atoms with E-state index in [0.717, 1.165) is 11.1 Å². The largest absolute Gasteiger partial charge is 0.497 e. The fourth-order valence-corrected chi connectivity index (χ4v) is 2.30. The third-order valence-electron chi connectivity index (χ3n) is 3.41. The van der Waals surface area contributed by atoms with Crippen molar-refractivity contribution in [3.8, 4) is 17.1 Å². The highest BCUT2D eigenvalue weighted by atomic mass is 35.5. The molecule has 0 bridgehead atoms. The first kappa shape index (κ1) is 17.0. The van der Waals surface area contributed by atoms with E-state index in [0.29, 0.717) is 16.6 Å². The van der Waals surface area contributed by atoms with Gasteiger partial charge in [-0.25, -0.2) is 0 Å². The van der Waals surface area contributed by atoms with E-state index in [1.165, 1.54) is 0 Å². The van der Waals surface area contributed by atoms with Crippen molar-refractivity contribution in [2.45, 2.75) is 13.0 Å². The molecule has 0 fully saturated rings. The molecule has 0 radical (unpaired) electrons. The molecular formula is C18H15ClN2O4. The number of carbonyl (C=O) groups excluding carboxylic acids is 1. The minimum absolute atomic E-state index is 0.0800. The predicted octanol–water partition coefficient (Wildman–Crippen LogP) is 3.68. The smallest absolute Gasteiger partial charge is 0.310 e. The van der Waals surface area contributed by atoms with Gasteiger partial charge in [0.15, 0.2) is 6.61 Å². The van der Waals surface area contributed by atoms with Gasteiger partial charge in [-0.3, -0.25) is 4.79 Å². The molecule has 0 atom stereocenters. The van der Waals surface area contributed by atoms with Crippen molar-refractivity contribution in [2.24, 2.45) is 0 Å². The first-order valence-electron chi connectivity index (χ1n) is 7.51. The Morgan fingerprint density at radius 1 is 1.20 bits per heavy atom. The Morgan fingerprint density at radius 3 is 2.76 bits per heavy atom. The van der Waals surface area contributed by atoms with Crippen LogP contribution in [0.25, 0.3) is 11.4 Å². The Kier molecular flexibility index (Phi) is 5.30. The molecule has 3 rings (SSSR count). The van der Waals surface area contributed by atoms with E-state index in [4.69, 9.17) is 25.6 Å². The lowest BCUT2D eigenvalue weighted by molar-refractivity contribution is -0.144. The monoisotopic (exact) mass is 358 g/mol. The molecule has 0 N–H and O–H groups in total. The highest BCUT2D eigenvalue weighted by Gasteiger charge is 2.12. The van der Waals surface area contributed by atoms with Gasteiger partial charge in [-0.1, -0.05) is 28.9 Å². The maximum Gasteiger partial charge on any atom is 0.310 e. The van der Waals surface area contributed by atoms with Crippen LogP contribution in [0.4, 0.5) is 0 Å². The van der Waals surface area contributed by atoms with Gasteiger partial charge in [-0.15, -0.1) is 0 Å². The third kappa shape index (κ3) is 4.58. The van der Waals surface area contributed by atoms with Gasteiger partial charge >= 0.3 is 5.97 Å². The zero-order valence-corrected chi connectivity index (χ0v) is 14.2. The average molecular weight is 359 g/mol. The van der Waals surface area contributed by atoms with Gasteiger partial charge in [-0.05, 0) is 42.0 Å². The zero-order valence-electron chi connectivity index (χ0n) is 13.4. The van der Waals surface area contributed by atoms with Gasteiger partial charge < -0.3 is 14.0 Å². The summed E-state index contributed by atoms with van der Waals surface area (Å²) in [4.78, 5) is 16.1. The van der Waals surface area contributed by atoms with Crippen molar-refractivity contribution in [1.29, 1.82) is 0 Å². The van der Waals surface area contributed by atoms with Gasteiger partial charge in [0.1, 0.15) is 5.75 Å². The predicted molar refractivity (Wildman–Crippen MR) is 91.2 cm³/mol. The first-order valence-corrected chi connectivity index (χ1v) is 7.89. The number of esters is 1. The van der Waals surface area contributed by atoms with Crippen LogP contribution in [0.3, 0.4) is 0 Å². The van der Waals surface area contributed by atoms with Crippen LogP contribution in [0, 0.1) is 0 Å². The molecular weight excluding hydrogens is 344 g/mol. The number of aromatic nitrogens is 2. The minimum atomic E-state index is -0.389. The minimum Gasteiger partial charge on any atom is -0.497 e. The van der Waals surface area contributed by atoms with Crippen LogP contribution in [0.15, 0.2) is 53.1 Å². The van der Waals surface area contributed by atoms with Crippen LogP contribution in [0.2, 0.25) is 5.02 Å². The van der Waals surface area contributed by atoms with Crippen molar-refractivity contribution in [3.05, 3.63) is 65.0 Å². The van der Waals surface area contributed by atoms with Crippen LogP contribution in [-0.2, 0) is 22.6 Å². The highest BCUT2D eigenvalue weighted by molar-refractivity contribution is 6.30. The van der Waals surface area contributed by atoms with Crippen molar-refractivity contribution in [1.82, 2.24) is 10.1 Å². The van der Waals surface area contributed by atoms with Gasteiger partial charge in [-0.2, -0.15) is 4.98 Å². The second kappa shape index (κ2) is 7.81. The Hall–Kier alpha value is -2.86. The molecule has 0 aliphatic carbocycles. The summed E-state index contributed by atoms with van der Waals surface area (Å²) in [7, 11) is 1.57. The SMILES string of the molecule is COc1cccc(CC(=O)OCc2nc(-c3ccc(Cl)cc3)no2)c1. The second-order valence-electron chi connectivity index (χ2n) is 5.21. The van der Waals surface area contributed by atoms with Crippen molar-refractivity contribution >= 4 is 17.6 Å². The molecule has 3 aromatic rings. The Balaban J connectivity index is 1.56. The van der Waals surface area contributed by atoms with E-state index in [9.17, 15) is 4.79 Å². The van der Waals surface area contributed by atoms with Crippen LogP contribution in [-0.4, -0.2) is 23.2 Å². The summed E-state index contributed by atoms with van der Waals surface area (Å²) in [6.07, 6.45) is 0.134. The molecule has 0 saturated carbocycles. The van der Waals surface area contributed by atoms with Crippen LogP contribution in [0.5, 0.6) is 5.75 Å². The molecule has 0 aliphatic rings. The lowest BCUT2D eigenvalue weighted by Gasteiger charge is -2.04. The van der Waals surface area contributed by atoms with Gasteiger partial charge in [0.2, 0.25) is 5.82 Å². The highest BCUT2D eigenvalue weighted by Crippen LogP contribution is 2.19. The molecule has 128 valence electrons. The van der Waals surface area contributed by atoms with Gasteiger partial charge in [0, 0.05) is 10.6 Å². The summed E-state index contributed by atoms with van der Waals surface area (Å²) in [5.74, 6) is 0.939. The molecule has 2 aromatic carbocycles. The number of methoxy groups -OCH3 is 1. The Bertz CT molecular complexity index is 862. The second-order valence-corrected chi connectivity index (χ2v) is 5.64. The number of halogens is 1. The molecule has 1 heterocycles. The van der Waals surface area contributed by atoms with Crippen molar-refractivity contribution in [2.75, 3.05) is 7.11 Å². The van der Waals surface area contributed by atoms with E-state index in [2.05, 4.69) is 10.1 Å².